The lowest BCUT2D eigenvalue weighted by atomic mass is 9.79. The van der Waals surface area contributed by atoms with Gasteiger partial charge in [-0.15, -0.1) is 0 Å². The highest BCUT2D eigenvalue weighted by atomic mass is 14.9. The molecule has 17 heavy (non-hydrogen) atoms. The van der Waals surface area contributed by atoms with Gasteiger partial charge in [-0.3, -0.25) is 0 Å². The summed E-state index contributed by atoms with van der Waals surface area (Å²) in [5, 5.41) is 3.48. The van der Waals surface area contributed by atoms with Gasteiger partial charge in [0.1, 0.15) is 0 Å². The Morgan fingerprint density at radius 3 is 2.76 bits per heavy atom. The summed E-state index contributed by atoms with van der Waals surface area (Å²) in [6.07, 6.45) is 6.68. The van der Waals surface area contributed by atoms with E-state index in [9.17, 15) is 0 Å². The van der Waals surface area contributed by atoms with Gasteiger partial charge in [0.2, 0.25) is 0 Å². The first kappa shape index (κ1) is 12.6. The molecule has 0 bridgehead atoms. The highest BCUT2D eigenvalue weighted by Gasteiger charge is 2.19. The van der Waals surface area contributed by atoms with Crippen LogP contribution in [-0.4, -0.2) is 12.6 Å². The smallest absolute Gasteiger partial charge is 0.00103 e. The zero-order valence-corrected chi connectivity index (χ0v) is 11.2. The van der Waals surface area contributed by atoms with Crippen LogP contribution in [0.5, 0.6) is 0 Å². The third kappa shape index (κ3) is 3.85. The molecule has 0 aliphatic heterocycles. The molecule has 1 aliphatic rings. The minimum absolute atomic E-state index is 0.608. The highest BCUT2D eigenvalue weighted by Crippen LogP contribution is 2.36. The maximum Gasteiger partial charge on any atom is 0.00103 e. The van der Waals surface area contributed by atoms with Crippen LogP contribution in [0.4, 0.5) is 0 Å². The molecular formula is C16H25N. The molecule has 1 fully saturated rings. The van der Waals surface area contributed by atoms with Crippen LogP contribution in [0, 0.1) is 0 Å². The largest absolute Gasteiger partial charge is 0.315 e. The Labute approximate surface area is 106 Å². The predicted octanol–water partition coefficient (Wildman–Crippen LogP) is 3.88. The van der Waals surface area contributed by atoms with Crippen molar-refractivity contribution < 1.29 is 0 Å². The van der Waals surface area contributed by atoms with Gasteiger partial charge in [0.15, 0.2) is 0 Å². The molecule has 0 amide bonds. The number of hydrogen-bond acceptors (Lipinski definition) is 1. The molecule has 94 valence electrons. The number of rotatable bonds is 6. The van der Waals surface area contributed by atoms with Gasteiger partial charge >= 0.3 is 0 Å². The van der Waals surface area contributed by atoms with Gasteiger partial charge in [0, 0.05) is 6.04 Å². The Bertz CT molecular complexity index is 339. The Kier molecular flexibility index (Phi) is 4.61. The Morgan fingerprint density at radius 1 is 1.29 bits per heavy atom. The Balaban J connectivity index is 1.79. The van der Waals surface area contributed by atoms with Gasteiger partial charge < -0.3 is 5.32 Å². The van der Waals surface area contributed by atoms with E-state index in [1.807, 2.05) is 0 Å². The van der Waals surface area contributed by atoms with Gasteiger partial charge in [-0.05, 0) is 49.3 Å². The van der Waals surface area contributed by atoms with E-state index in [1.54, 1.807) is 5.56 Å². The minimum Gasteiger partial charge on any atom is -0.315 e. The van der Waals surface area contributed by atoms with Crippen molar-refractivity contribution in [1.82, 2.24) is 5.32 Å². The fourth-order valence-electron chi connectivity index (χ4n) is 2.43. The normalized spacial score (nSPS) is 16.2. The van der Waals surface area contributed by atoms with Crippen LogP contribution in [0.15, 0.2) is 24.3 Å². The van der Waals surface area contributed by atoms with E-state index in [1.165, 1.54) is 37.7 Å². The molecule has 2 rings (SSSR count). The summed E-state index contributed by atoms with van der Waals surface area (Å²) in [6, 6.07) is 9.85. The van der Waals surface area contributed by atoms with E-state index in [0.717, 1.165) is 12.5 Å². The van der Waals surface area contributed by atoms with Gasteiger partial charge in [-0.25, -0.2) is 0 Å². The molecule has 0 saturated heterocycles. The van der Waals surface area contributed by atoms with Crippen LogP contribution in [0.1, 0.15) is 56.6 Å². The summed E-state index contributed by atoms with van der Waals surface area (Å²) in [7, 11) is 0. The second-order valence-corrected chi connectivity index (χ2v) is 5.59. The lowest BCUT2D eigenvalue weighted by molar-refractivity contribution is 0.419. The fraction of sp³-hybridized carbons (Fsp3) is 0.625. The molecule has 0 atom stereocenters. The van der Waals surface area contributed by atoms with Gasteiger partial charge in [0.05, 0.1) is 0 Å². The van der Waals surface area contributed by atoms with E-state index >= 15 is 0 Å². The van der Waals surface area contributed by atoms with Crippen LogP contribution in [0.25, 0.3) is 0 Å². The van der Waals surface area contributed by atoms with Crippen molar-refractivity contribution in [2.45, 2.75) is 57.9 Å². The first-order chi connectivity index (χ1) is 8.25. The Hall–Kier alpha value is -0.820. The average Bonchev–Trinajstić information content (AvgIpc) is 2.22. The van der Waals surface area contributed by atoms with Crippen molar-refractivity contribution in [1.29, 1.82) is 0 Å². The standard InChI is InChI=1S/C16H25N/c1-13(2)17-11-5-7-14-6-3-10-16(12-14)15-8-4-9-15/h3,6,10,12-13,15,17H,4-5,7-9,11H2,1-2H3. The molecule has 0 unspecified atom stereocenters. The summed E-state index contributed by atoms with van der Waals surface area (Å²) < 4.78 is 0. The van der Waals surface area contributed by atoms with Crippen molar-refractivity contribution in [2.24, 2.45) is 0 Å². The average molecular weight is 231 g/mol. The SMILES string of the molecule is CC(C)NCCCc1cccc(C2CCC2)c1. The zero-order valence-electron chi connectivity index (χ0n) is 11.2. The highest BCUT2D eigenvalue weighted by molar-refractivity contribution is 5.27. The van der Waals surface area contributed by atoms with Crippen LogP contribution in [0.2, 0.25) is 0 Å². The summed E-state index contributed by atoms with van der Waals surface area (Å²) in [4.78, 5) is 0. The number of nitrogens with one attached hydrogen (secondary N) is 1. The summed E-state index contributed by atoms with van der Waals surface area (Å²) >= 11 is 0. The zero-order chi connectivity index (χ0) is 12.1. The number of aryl methyl sites for hydroxylation is 1. The third-order valence-electron chi connectivity index (χ3n) is 3.72. The molecule has 0 aromatic heterocycles. The third-order valence-corrected chi connectivity index (χ3v) is 3.72. The molecule has 1 nitrogen and oxygen atoms in total. The molecule has 0 radical (unpaired) electrons. The maximum absolute atomic E-state index is 3.48. The van der Waals surface area contributed by atoms with E-state index < -0.39 is 0 Å². The van der Waals surface area contributed by atoms with Gasteiger partial charge in [0.25, 0.3) is 0 Å². The summed E-state index contributed by atoms with van der Waals surface area (Å²) in [5.41, 5.74) is 3.09. The molecule has 1 aromatic rings. The summed E-state index contributed by atoms with van der Waals surface area (Å²) in [5.74, 6) is 0.865. The van der Waals surface area contributed by atoms with Gasteiger partial charge in [-0.1, -0.05) is 44.5 Å². The van der Waals surface area contributed by atoms with Crippen molar-refractivity contribution in [2.75, 3.05) is 6.54 Å². The van der Waals surface area contributed by atoms with E-state index in [0.29, 0.717) is 6.04 Å². The number of benzene rings is 1. The molecule has 1 aliphatic carbocycles. The maximum atomic E-state index is 3.48. The second kappa shape index (κ2) is 6.20. The van der Waals surface area contributed by atoms with Crippen LogP contribution in [-0.2, 0) is 6.42 Å². The van der Waals surface area contributed by atoms with E-state index in [2.05, 4.69) is 43.4 Å². The molecule has 1 aromatic carbocycles. The first-order valence-corrected chi connectivity index (χ1v) is 7.08. The van der Waals surface area contributed by atoms with Crippen molar-refractivity contribution >= 4 is 0 Å². The minimum atomic E-state index is 0.608. The molecule has 0 spiro atoms. The van der Waals surface area contributed by atoms with Crippen molar-refractivity contribution in [3.05, 3.63) is 35.4 Å². The molecule has 0 heterocycles. The monoisotopic (exact) mass is 231 g/mol. The van der Waals surface area contributed by atoms with Crippen molar-refractivity contribution in [3.8, 4) is 0 Å². The van der Waals surface area contributed by atoms with E-state index in [4.69, 9.17) is 0 Å². The summed E-state index contributed by atoms with van der Waals surface area (Å²) in [6.45, 7) is 5.54. The van der Waals surface area contributed by atoms with Gasteiger partial charge in [-0.2, -0.15) is 0 Å². The van der Waals surface area contributed by atoms with Crippen LogP contribution >= 0.6 is 0 Å². The molecule has 1 heteroatoms. The molecule has 1 saturated carbocycles. The second-order valence-electron chi connectivity index (χ2n) is 5.59. The lowest BCUT2D eigenvalue weighted by Gasteiger charge is -2.26. The van der Waals surface area contributed by atoms with E-state index in [-0.39, 0.29) is 0 Å². The molecular weight excluding hydrogens is 206 g/mol. The molecule has 1 N–H and O–H groups in total. The topological polar surface area (TPSA) is 12.0 Å². The lowest BCUT2D eigenvalue weighted by Crippen LogP contribution is -2.23. The number of hydrogen-bond donors (Lipinski definition) is 1. The van der Waals surface area contributed by atoms with Crippen LogP contribution in [0.3, 0.4) is 0 Å². The fourth-order valence-corrected chi connectivity index (χ4v) is 2.43. The predicted molar refractivity (Wildman–Crippen MR) is 74.5 cm³/mol. The van der Waals surface area contributed by atoms with Crippen LogP contribution < -0.4 is 5.32 Å². The first-order valence-electron chi connectivity index (χ1n) is 7.08. The quantitative estimate of drug-likeness (QED) is 0.733. The Morgan fingerprint density at radius 2 is 2.12 bits per heavy atom. The van der Waals surface area contributed by atoms with Crippen molar-refractivity contribution in [3.63, 3.8) is 0 Å².